The number of hydrogen-bond donors (Lipinski definition) is 1. The molecule has 0 unspecified atom stereocenters. The van der Waals surface area contributed by atoms with Crippen LogP contribution in [0.1, 0.15) is 23.6 Å². The minimum absolute atomic E-state index is 0.172. The highest BCUT2D eigenvalue weighted by Gasteiger charge is 2.08. The van der Waals surface area contributed by atoms with Crippen LogP contribution in [0.2, 0.25) is 10.0 Å². The van der Waals surface area contributed by atoms with Gasteiger partial charge >= 0.3 is 0 Å². The number of halogens is 3. The van der Waals surface area contributed by atoms with Gasteiger partial charge in [0.1, 0.15) is 0 Å². The lowest BCUT2D eigenvalue weighted by Gasteiger charge is -2.08. The van der Waals surface area contributed by atoms with Crippen LogP contribution in [0, 0.1) is 13.8 Å². The topological polar surface area (TPSA) is 41.5 Å². The number of aryl methyl sites for hydroxylation is 2. The summed E-state index contributed by atoms with van der Waals surface area (Å²) in [4.78, 5) is 13.1. The number of benzene rings is 2. The number of rotatable bonds is 5. The van der Waals surface area contributed by atoms with Crippen molar-refractivity contribution in [1.82, 2.24) is 5.43 Å². The molecule has 0 saturated carbocycles. The van der Waals surface area contributed by atoms with E-state index in [1.54, 1.807) is 25.1 Å². The van der Waals surface area contributed by atoms with E-state index >= 15 is 0 Å². The molecule has 1 amide bonds. The second-order valence-electron chi connectivity index (χ2n) is 5.51. The molecule has 0 bridgehead atoms. The molecule has 7 heteroatoms. The Bertz CT molecular complexity index is 840. The molecule has 2 rings (SSSR count). The van der Waals surface area contributed by atoms with E-state index in [1.807, 2.05) is 13.8 Å². The van der Waals surface area contributed by atoms with Gasteiger partial charge in [-0.3, -0.25) is 4.79 Å². The van der Waals surface area contributed by atoms with Gasteiger partial charge in [0.15, 0.2) is 0 Å². The van der Waals surface area contributed by atoms with Gasteiger partial charge in [-0.1, -0.05) is 45.2 Å². The van der Waals surface area contributed by atoms with Gasteiger partial charge in [-0.05, 0) is 56.2 Å². The zero-order valence-corrected chi connectivity index (χ0v) is 17.9. The lowest BCUT2D eigenvalue weighted by Crippen LogP contribution is -2.21. The largest absolute Gasteiger partial charge is 0.272 e. The van der Waals surface area contributed by atoms with Gasteiger partial charge in [0.05, 0.1) is 16.5 Å². The molecule has 0 atom stereocenters. The summed E-state index contributed by atoms with van der Waals surface area (Å²) < 4.78 is 1.07. The highest BCUT2D eigenvalue weighted by Crippen LogP contribution is 2.28. The molecule has 0 heterocycles. The van der Waals surface area contributed by atoms with Crippen LogP contribution in [0.15, 0.2) is 44.8 Å². The maximum atomic E-state index is 12.1. The molecule has 0 aromatic heterocycles. The Hall–Kier alpha value is -1.01. The first-order valence-electron chi connectivity index (χ1n) is 7.46. The summed E-state index contributed by atoms with van der Waals surface area (Å²) in [5.74, 6) is 0.113. The zero-order chi connectivity index (χ0) is 18.6. The summed E-state index contributed by atoms with van der Waals surface area (Å²) >= 11 is 17.0. The fourth-order valence-corrected chi connectivity index (χ4v) is 3.98. The molecular weight excluding hydrogens is 443 g/mol. The third kappa shape index (κ3) is 5.74. The predicted molar refractivity (Wildman–Crippen MR) is 111 cm³/mol. The summed E-state index contributed by atoms with van der Waals surface area (Å²) in [6.07, 6.45) is 0. The zero-order valence-electron chi connectivity index (χ0n) is 14.0. The highest BCUT2D eigenvalue weighted by molar-refractivity contribution is 9.10. The Labute approximate surface area is 170 Å². The normalized spacial score (nSPS) is 11.5. The van der Waals surface area contributed by atoms with Crippen molar-refractivity contribution < 1.29 is 4.79 Å². The molecular formula is C18H17BrCl2N2OS. The maximum Gasteiger partial charge on any atom is 0.250 e. The smallest absolute Gasteiger partial charge is 0.250 e. The number of nitrogens with zero attached hydrogens (tertiary/aromatic N) is 1. The Morgan fingerprint density at radius 3 is 2.60 bits per heavy atom. The van der Waals surface area contributed by atoms with E-state index in [0.717, 1.165) is 26.1 Å². The maximum absolute atomic E-state index is 12.1. The molecule has 132 valence electrons. The minimum atomic E-state index is -0.172. The van der Waals surface area contributed by atoms with Crippen LogP contribution in [-0.4, -0.2) is 17.4 Å². The quantitative estimate of drug-likeness (QED) is 0.338. The van der Waals surface area contributed by atoms with E-state index in [-0.39, 0.29) is 11.7 Å². The highest BCUT2D eigenvalue weighted by atomic mass is 79.9. The first kappa shape index (κ1) is 20.3. The van der Waals surface area contributed by atoms with E-state index in [2.05, 4.69) is 38.6 Å². The number of nitrogens with one attached hydrogen (secondary N) is 1. The van der Waals surface area contributed by atoms with Gasteiger partial charge in [-0.2, -0.15) is 5.10 Å². The van der Waals surface area contributed by atoms with Crippen molar-refractivity contribution in [3.63, 3.8) is 0 Å². The van der Waals surface area contributed by atoms with Crippen LogP contribution in [0.3, 0.4) is 0 Å². The summed E-state index contributed by atoms with van der Waals surface area (Å²) in [5, 5.41) is 5.18. The van der Waals surface area contributed by atoms with Crippen molar-refractivity contribution in [1.29, 1.82) is 0 Å². The molecule has 2 aromatic carbocycles. The van der Waals surface area contributed by atoms with Gasteiger partial charge in [0, 0.05) is 20.0 Å². The molecule has 0 spiro atoms. The van der Waals surface area contributed by atoms with Crippen molar-refractivity contribution in [3.05, 3.63) is 61.5 Å². The van der Waals surface area contributed by atoms with Crippen molar-refractivity contribution in [2.24, 2.45) is 5.10 Å². The number of thioether (sulfide) groups is 1. The molecule has 25 heavy (non-hydrogen) atoms. The summed E-state index contributed by atoms with van der Waals surface area (Å²) in [6, 6.07) is 9.28. The van der Waals surface area contributed by atoms with E-state index in [4.69, 9.17) is 23.2 Å². The molecule has 3 nitrogen and oxygen atoms in total. The van der Waals surface area contributed by atoms with Gasteiger partial charge in [-0.15, -0.1) is 11.8 Å². The van der Waals surface area contributed by atoms with E-state index in [9.17, 15) is 4.79 Å². The third-order valence-corrected chi connectivity index (χ3v) is 6.04. The summed E-state index contributed by atoms with van der Waals surface area (Å²) in [5.41, 5.74) is 6.19. The summed E-state index contributed by atoms with van der Waals surface area (Å²) in [6.45, 7) is 5.83. The Morgan fingerprint density at radius 1 is 1.20 bits per heavy atom. The molecule has 2 aromatic rings. The molecule has 1 N–H and O–H groups in total. The van der Waals surface area contributed by atoms with Crippen LogP contribution in [0.5, 0.6) is 0 Å². The lowest BCUT2D eigenvalue weighted by atomic mass is 10.1. The van der Waals surface area contributed by atoms with Crippen molar-refractivity contribution in [2.75, 3.05) is 5.75 Å². The number of hydrazone groups is 1. The van der Waals surface area contributed by atoms with Gasteiger partial charge < -0.3 is 0 Å². The predicted octanol–water partition coefficient (Wildman–Crippen LogP) is 6.01. The average Bonchev–Trinajstić information content (AvgIpc) is 2.54. The first-order valence-corrected chi connectivity index (χ1v) is 9.99. The van der Waals surface area contributed by atoms with Gasteiger partial charge in [0.25, 0.3) is 0 Å². The molecule has 0 aliphatic rings. The van der Waals surface area contributed by atoms with Crippen molar-refractivity contribution >= 4 is 62.5 Å². The molecule has 0 fully saturated rings. The lowest BCUT2D eigenvalue weighted by molar-refractivity contribution is -0.118. The number of carbonyl (C=O) groups is 1. The molecule has 0 radical (unpaired) electrons. The second-order valence-corrected chi connectivity index (χ2v) is 8.23. The third-order valence-electron chi connectivity index (χ3n) is 3.48. The fraction of sp³-hybridized carbons (Fsp3) is 0.222. The van der Waals surface area contributed by atoms with E-state index in [1.165, 1.54) is 11.8 Å². The van der Waals surface area contributed by atoms with Crippen LogP contribution in [0.4, 0.5) is 0 Å². The standard InChI is InChI=1S/C18H17BrCl2N2OS/c1-10-7-17(11(2)6-15(10)19)25-9-18(24)23-22-12(3)14-5-4-13(20)8-16(14)21/h4-8H,9H2,1-3H3,(H,23,24)/b22-12+. The number of amides is 1. The van der Waals surface area contributed by atoms with Crippen molar-refractivity contribution in [2.45, 2.75) is 25.7 Å². The number of hydrogen-bond acceptors (Lipinski definition) is 3. The second kappa shape index (κ2) is 9.08. The molecule has 0 aliphatic carbocycles. The van der Waals surface area contributed by atoms with Crippen LogP contribution in [-0.2, 0) is 4.79 Å². The van der Waals surface area contributed by atoms with E-state index in [0.29, 0.717) is 15.8 Å². The Morgan fingerprint density at radius 2 is 1.92 bits per heavy atom. The Kier molecular flexibility index (Phi) is 7.37. The van der Waals surface area contributed by atoms with Crippen molar-refractivity contribution in [3.8, 4) is 0 Å². The Balaban J connectivity index is 1.97. The monoisotopic (exact) mass is 458 g/mol. The molecule has 0 saturated heterocycles. The number of carbonyl (C=O) groups excluding carboxylic acids is 1. The van der Waals surface area contributed by atoms with Gasteiger partial charge in [0.2, 0.25) is 5.91 Å². The van der Waals surface area contributed by atoms with Crippen LogP contribution in [0.25, 0.3) is 0 Å². The molecule has 0 aliphatic heterocycles. The van der Waals surface area contributed by atoms with Crippen LogP contribution >= 0.6 is 50.9 Å². The van der Waals surface area contributed by atoms with Gasteiger partial charge in [-0.25, -0.2) is 5.43 Å². The van der Waals surface area contributed by atoms with E-state index < -0.39 is 0 Å². The average molecular weight is 460 g/mol. The van der Waals surface area contributed by atoms with Crippen LogP contribution < -0.4 is 5.43 Å². The first-order chi connectivity index (χ1) is 11.8. The SMILES string of the molecule is C/C(=N\NC(=O)CSc1cc(C)c(Br)cc1C)c1ccc(Cl)cc1Cl. The minimum Gasteiger partial charge on any atom is -0.272 e. The summed E-state index contributed by atoms with van der Waals surface area (Å²) in [7, 11) is 0. The fourth-order valence-electron chi connectivity index (χ4n) is 2.07.